The molecule has 6 fully saturated rings. The van der Waals surface area contributed by atoms with Crippen LogP contribution in [-0.2, 0) is 28.5 Å². The van der Waals surface area contributed by atoms with Gasteiger partial charge in [0.15, 0.2) is 5.60 Å². The fourth-order valence-electron chi connectivity index (χ4n) is 9.76. The van der Waals surface area contributed by atoms with Gasteiger partial charge in [-0.15, -0.1) is 0 Å². The van der Waals surface area contributed by atoms with Gasteiger partial charge in [-0.05, 0) is 80.6 Å². The average molecular weight is 443 g/mol. The van der Waals surface area contributed by atoms with Crippen molar-refractivity contribution in [1.82, 2.24) is 0 Å². The van der Waals surface area contributed by atoms with Crippen LogP contribution >= 0.6 is 0 Å². The van der Waals surface area contributed by atoms with Gasteiger partial charge < -0.3 is 18.9 Å². The Morgan fingerprint density at radius 3 is 2.69 bits per heavy atom. The summed E-state index contributed by atoms with van der Waals surface area (Å²) in [7, 11) is 0. The molecular formula is C26H34O6. The molecule has 6 nitrogen and oxygen atoms in total. The minimum absolute atomic E-state index is 0.0398. The van der Waals surface area contributed by atoms with Crippen LogP contribution in [0, 0.1) is 34.5 Å². The lowest BCUT2D eigenvalue weighted by Gasteiger charge is -2.61. The van der Waals surface area contributed by atoms with Crippen molar-refractivity contribution in [1.29, 1.82) is 0 Å². The topological polar surface area (TPSA) is 77.7 Å². The van der Waals surface area contributed by atoms with Crippen molar-refractivity contribution in [3.63, 3.8) is 0 Å². The predicted molar refractivity (Wildman–Crippen MR) is 113 cm³/mol. The zero-order valence-corrected chi connectivity index (χ0v) is 19.3. The Morgan fingerprint density at radius 2 is 1.91 bits per heavy atom. The van der Waals surface area contributed by atoms with Crippen LogP contribution in [0.3, 0.4) is 0 Å². The Bertz CT molecular complexity index is 929. The first kappa shape index (κ1) is 20.0. The second-order valence-electron chi connectivity index (χ2n) is 12.2. The molecule has 0 amide bonds. The van der Waals surface area contributed by atoms with Crippen molar-refractivity contribution >= 4 is 11.9 Å². The summed E-state index contributed by atoms with van der Waals surface area (Å²) in [6.07, 6.45) is 12.5. The van der Waals surface area contributed by atoms with Crippen LogP contribution in [0.2, 0.25) is 0 Å². The van der Waals surface area contributed by atoms with Crippen LogP contribution in [-0.4, -0.2) is 41.6 Å². The van der Waals surface area contributed by atoms with E-state index in [4.69, 9.17) is 18.9 Å². The Balaban J connectivity index is 1.17. The molecule has 3 aliphatic heterocycles. The molecule has 1 spiro atoms. The lowest BCUT2D eigenvalue weighted by Crippen LogP contribution is -2.59. The maximum atomic E-state index is 11.7. The number of carbonyl (C=O) groups is 2. The first-order chi connectivity index (χ1) is 15.2. The van der Waals surface area contributed by atoms with Gasteiger partial charge in [-0.1, -0.05) is 13.8 Å². The molecule has 7 rings (SSSR count). The Kier molecular flexibility index (Phi) is 3.74. The van der Waals surface area contributed by atoms with Crippen LogP contribution in [0.1, 0.15) is 72.1 Å². The van der Waals surface area contributed by atoms with Gasteiger partial charge in [-0.3, -0.25) is 4.79 Å². The highest BCUT2D eigenvalue weighted by atomic mass is 16.8. The second-order valence-corrected chi connectivity index (χ2v) is 12.2. The first-order valence-electron chi connectivity index (χ1n) is 12.7. The largest absolute Gasteiger partial charge is 0.463 e. The maximum Gasteiger partial charge on any atom is 0.332 e. The van der Waals surface area contributed by atoms with Crippen molar-refractivity contribution in [2.24, 2.45) is 34.5 Å². The van der Waals surface area contributed by atoms with E-state index >= 15 is 0 Å². The monoisotopic (exact) mass is 442 g/mol. The van der Waals surface area contributed by atoms with Crippen LogP contribution in [0.15, 0.2) is 12.2 Å². The molecule has 0 aromatic heterocycles. The molecule has 0 aromatic carbocycles. The quantitative estimate of drug-likeness (QED) is 0.477. The molecule has 3 heterocycles. The van der Waals surface area contributed by atoms with E-state index in [2.05, 4.69) is 13.8 Å². The van der Waals surface area contributed by atoms with E-state index in [1.54, 1.807) is 6.08 Å². The summed E-state index contributed by atoms with van der Waals surface area (Å²) in [4.78, 5) is 23.2. The van der Waals surface area contributed by atoms with Crippen molar-refractivity contribution in [3.05, 3.63) is 12.2 Å². The first-order valence-corrected chi connectivity index (χ1v) is 12.7. The highest BCUT2D eigenvalue weighted by Crippen LogP contribution is 2.79. The highest BCUT2D eigenvalue weighted by Gasteiger charge is 2.85. The van der Waals surface area contributed by atoms with Gasteiger partial charge >= 0.3 is 11.9 Å². The summed E-state index contributed by atoms with van der Waals surface area (Å²) >= 11 is 0. The molecule has 2 unspecified atom stereocenters. The van der Waals surface area contributed by atoms with E-state index in [0.717, 1.165) is 32.1 Å². The predicted octanol–water partition coefficient (Wildman–Crippen LogP) is 3.92. The van der Waals surface area contributed by atoms with Crippen LogP contribution < -0.4 is 0 Å². The Morgan fingerprint density at radius 1 is 1.06 bits per heavy atom. The summed E-state index contributed by atoms with van der Waals surface area (Å²) in [5, 5.41) is 0. The highest BCUT2D eigenvalue weighted by molar-refractivity contribution is 5.84. The van der Waals surface area contributed by atoms with E-state index in [1.165, 1.54) is 26.2 Å². The molecule has 4 saturated carbocycles. The third-order valence-electron chi connectivity index (χ3n) is 11.2. The summed E-state index contributed by atoms with van der Waals surface area (Å²) < 4.78 is 23.8. The lowest BCUT2D eigenvalue weighted by molar-refractivity contribution is -0.166. The third-order valence-corrected chi connectivity index (χ3v) is 11.2. The SMILES string of the molecule is CC(=O)O[C@H]1CC[C@]2(C)C3CC[C@]4(C)[C@@H]([C@@]56C=CC(=O)O[C@@H]5O6)C[C@H]5O[C@]54C3CC[C@@H]2C1. The van der Waals surface area contributed by atoms with Gasteiger partial charge in [-0.25, -0.2) is 4.79 Å². The molecule has 2 saturated heterocycles. The van der Waals surface area contributed by atoms with E-state index in [0.29, 0.717) is 35.2 Å². The molecule has 0 aromatic rings. The molecule has 174 valence electrons. The van der Waals surface area contributed by atoms with Crippen molar-refractivity contribution in [3.8, 4) is 0 Å². The van der Waals surface area contributed by atoms with Gasteiger partial charge in [0.25, 0.3) is 0 Å². The molecule has 11 atom stereocenters. The molecule has 0 radical (unpaired) electrons. The molecule has 0 N–H and O–H groups in total. The van der Waals surface area contributed by atoms with E-state index in [1.807, 2.05) is 6.08 Å². The smallest absolute Gasteiger partial charge is 0.332 e. The number of fused-ring (bicyclic) bond motifs is 4. The maximum absolute atomic E-state index is 11.7. The zero-order chi connectivity index (χ0) is 22.1. The van der Waals surface area contributed by atoms with Crippen molar-refractivity contribution in [2.45, 2.75) is 102 Å². The minimum Gasteiger partial charge on any atom is -0.463 e. The fourth-order valence-corrected chi connectivity index (χ4v) is 9.76. The average Bonchev–Trinajstić information content (AvgIpc) is 3.62. The second kappa shape index (κ2) is 5.99. The molecular weight excluding hydrogens is 408 g/mol. The van der Waals surface area contributed by atoms with E-state index < -0.39 is 11.9 Å². The zero-order valence-electron chi connectivity index (χ0n) is 19.3. The number of epoxide rings is 2. The van der Waals surface area contributed by atoms with E-state index in [9.17, 15) is 9.59 Å². The molecule has 32 heavy (non-hydrogen) atoms. The number of esters is 2. The number of hydrogen-bond donors (Lipinski definition) is 0. The normalized spacial score (nSPS) is 59.0. The van der Waals surface area contributed by atoms with Crippen molar-refractivity contribution < 1.29 is 28.5 Å². The standard InChI is InChI=1S/C26H34O6/c1-14(27)29-16-6-9-23(2)15(12-16)4-5-18-17(23)7-10-24(3)19(13-20-26(18,24)31-20)25-11-8-21(28)30-22(25)32-25/h8,11,15-20,22H,4-7,9-10,12-13H2,1-3H3/t15-,16+,17?,18?,19+,20-,22-,23+,24-,25+,26-/m1/s1. The van der Waals surface area contributed by atoms with Gasteiger partial charge in [0.1, 0.15) is 11.7 Å². The third kappa shape index (κ3) is 2.24. The van der Waals surface area contributed by atoms with Gasteiger partial charge in [0, 0.05) is 24.3 Å². The number of carbonyl (C=O) groups excluding carboxylic acids is 2. The summed E-state index contributed by atoms with van der Waals surface area (Å²) in [6.45, 7) is 6.48. The van der Waals surface area contributed by atoms with Crippen LogP contribution in [0.25, 0.3) is 0 Å². The van der Waals surface area contributed by atoms with Crippen molar-refractivity contribution in [2.75, 3.05) is 0 Å². The number of rotatable bonds is 2. The summed E-state index contributed by atoms with van der Waals surface area (Å²) in [5.41, 5.74) is -0.106. The Hall–Kier alpha value is -1.40. The number of hydrogen-bond acceptors (Lipinski definition) is 6. The minimum atomic E-state index is -0.428. The fraction of sp³-hybridized carbons (Fsp3) is 0.846. The molecule has 6 heteroatoms. The van der Waals surface area contributed by atoms with E-state index in [-0.39, 0.29) is 29.1 Å². The van der Waals surface area contributed by atoms with Crippen LogP contribution in [0.5, 0.6) is 0 Å². The lowest BCUT2D eigenvalue weighted by atomic mass is 9.43. The van der Waals surface area contributed by atoms with Gasteiger partial charge in [-0.2, -0.15) is 0 Å². The summed E-state index contributed by atoms with van der Waals surface area (Å²) in [6, 6.07) is 0. The number of ether oxygens (including phenoxy) is 4. The van der Waals surface area contributed by atoms with Gasteiger partial charge in [0.2, 0.25) is 6.29 Å². The summed E-state index contributed by atoms with van der Waals surface area (Å²) in [5.74, 6) is 1.80. The molecule has 7 aliphatic rings. The van der Waals surface area contributed by atoms with Gasteiger partial charge in [0.05, 0.1) is 6.10 Å². The molecule has 4 aliphatic carbocycles. The Labute approximate surface area is 189 Å². The van der Waals surface area contributed by atoms with Crippen LogP contribution in [0.4, 0.5) is 0 Å². The molecule has 0 bridgehead atoms.